The van der Waals surface area contributed by atoms with Gasteiger partial charge in [0.25, 0.3) is 5.91 Å². The van der Waals surface area contributed by atoms with E-state index in [1.165, 1.54) is 12.5 Å². The van der Waals surface area contributed by atoms with Crippen molar-refractivity contribution in [3.63, 3.8) is 0 Å². The van der Waals surface area contributed by atoms with Crippen molar-refractivity contribution in [1.82, 2.24) is 5.32 Å². The maximum absolute atomic E-state index is 11.2. The van der Waals surface area contributed by atoms with Crippen LogP contribution in [-0.2, 0) is 0 Å². The molecule has 68 valence electrons. The summed E-state index contributed by atoms with van der Waals surface area (Å²) >= 11 is 0. The fourth-order valence-corrected chi connectivity index (χ4v) is 0.760. The molecular weight excluding hydrogens is 172 g/mol. The average molecular weight is 180 g/mol. The normalized spacial score (nSPS) is 8.92. The first-order valence-electron chi connectivity index (χ1n) is 3.66. The lowest BCUT2D eigenvalue weighted by Crippen LogP contribution is -2.25. The highest BCUT2D eigenvalue weighted by molar-refractivity contribution is 5.93. The van der Waals surface area contributed by atoms with E-state index in [4.69, 9.17) is 9.95 Å². The van der Waals surface area contributed by atoms with Gasteiger partial charge in [-0.25, -0.2) is 0 Å². The van der Waals surface area contributed by atoms with Gasteiger partial charge in [0.1, 0.15) is 6.26 Å². The van der Waals surface area contributed by atoms with Crippen molar-refractivity contribution in [3.8, 4) is 0 Å². The summed E-state index contributed by atoms with van der Waals surface area (Å²) in [6.07, 6.45) is 2.77. The zero-order valence-corrected chi connectivity index (χ0v) is 6.80. The zero-order valence-electron chi connectivity index (χ0n) is 6.80. The van der Waals surface area contributed by atoms with Gasteiger partial charge in [0.15, 0.2) is 0 Å². The quantitative estimate of drug-likeness (QED) is 0.327. The molecule has 6 nitrogen and oxygen atoms in total. The Morgan fingerprint density at radius 1 is 1.77 bits per heavy atom. The van der Waals surface area contributed by atoms with Crippen LogP contribution in [0.4, 0.5) is 0 Å². The van der Waals surface area contributed by atoms with Crippen molar-refractivity contribution < 1.29 is 9.21 Å². The minimum Gasteiger partial charge on any atom is -0.472 e. The van der Waals surface area contributed by atoms with E-state index in [0.717, 1.165) is 0 Å². The number of nitrogens with one attached hydrogen (secondary N) is 1. The van der Waals surface area contributed by atoms with Gasteiger partial charge in [-0.3, -0.25) is 4.79 Å². The lowest BCUT2D eigenvalue weighted by molar-refractivity contribution is 0.0954. The van der Waals surface area contributed by atoms with Crippen LogP contribution in [0.2, 0.25) is 0 Å². The lowest BCUT2D eigenvalue weighted by Gasteiger charge is -1.98. The Kier molecular flexibility index (Phi) is 3.41. The smallest absolute Gasteiger partial charge is 0.254 e. The number of nitrogens with zero attached hydrogens (tertiary/aromatic N) is 3. The topological polar surface area (TPSA) is 91.0 Å². The number of furan rings is 1. The van der Waals surface area contributed by atoms with Crippen molar-refractivity contribution in [2.45, 2.75) is 0 Å². The maximum Gasteiger partial charge on any atom is 0.254 e. The largest absolute Gasteiger partial charge is 0.472 e. The molecule has 1 heterocycles. The van der Waals surface area contributed by atoms with Gasteiger partial charge in [-0.15, -0.1) is 0 Å². The molecule has 0 unspecified atom stereocenters. The highest BCUT2D eigenvalue weighted by Gasteiger charge is 2.04. The third-order valence-corrected chi connectivity index (χ3v) is 1.34. The van der Waals surface area contributed by atoms with E-state index >= 15 is 0 Å². The van der Waals surface area contributed by atoms with Crippen LogP contribution >= 0.6 is 0 Å². The fraction of sp³-hybridized carbons (Fsp3) is 0.286. The van der Waals surface area contributed by atoms with Gasteiger partial charge >= 0.3 is 0 Å². The molecule has 0 bridgehead atoms. The summed E-state index contributed by atoms with van der Waals surface area (Å²) in [5.41, 5.74) is 8.41. The van der Waals surface area contributed by atoms with E-state index in [2.05, 4.69) is 15.3 Å². The number of carbonyl (C=O) groups is 1. The monoisotopic (exact) mass is 180 g/mol. The Morgan fingerprint density at radius 2 is 2.62 bits per heavy atom. The second-order valence-corrected chi connectivity index (χ2v) is 2.22. The Labute approximate surface area is 74.2 Å². The molecule has 1 rings (SSSR count). The summed E-state index contributed by atoms with van der Waals surface area (Å²) in [5, 5.41) is 5.82. The standard InChI is InChI=1S/C7H8N4O2/c8-11-10-3-2-9-7(12)6-1-4-13-5-6/h1,4-5H,2-3H2,(H,9,12). The number of rotatable bonds is 4. The predicted octanol–water partition coefficient (Wildman–Crippen LogP) is 1.32. The van der Waals surface area contributed by atoms with E-state index in [1.54, 1.807) is 6.07 Å². The molecule has 1 aromatic rings. The van der Waals surface area contributed by atoms with E-state index in [-0.39, 0.29) is 12.5 Å². The molecule has 0 aliphatic rings. The Bertz CT molecular complexity index is 313. The number of azide groups is 1. The van der Waals surface area contributed by atoms with Crippen molar-refractivity contribution in [3.05, 3.63) is 34.6 Å². The van der Waals surface area contributed by atoms with Crippen molar-refractivity contribution in [1.29, 1.82) is 0 Å². The molecule has 0 aromatic carbocycles. The maximum atomic E-state index is 11.2. The molecule has 1 aromatic heterocycles. The van der Waals surface area contributed by atoms with Crippen LogP contribution in [-0.4, -0.2) is 19.0 Å². The number of hydrogen-bond donors (Lipinski definition) is 1. The summed E-state index contributed by atoms with van der Waals surface area (Å²) in [7, 11) is 0. The second kappa shape index (κ2) is 4.84. The molecule has 13 heavy (non-hydrogen) atoms. The van der Waals surface area contributed by atoms with E-state index in [1.807, 2.05) is 0 Å². The van der Waals surface area contributed by atoms with Gasteiger partial charge in [-0.2, -0.15) is 0 Å². The molecule has 0 atom stereocenters. The Balaban J connectivity index is 2.30. The van der Waals surface area contributed by atoms with E-state index in [9.17, 15) is 4.79 Å². The van der Waals surface area contributed by atoms with Gasteiger partial charge in [-0.1, -0.05) is 5.11 Å². The summed E-state index contributed by atoms with van der Waals surface area (Å²) in [5.74, 6) is -0.234. The average Bonchev–Trinajstić information content (AvgIpc) is 2.65. The highest BCUT2D eigenvalue weighted by Crippen LogP contribution is 1.98. The van der Waals surface area contributed by atoms with Crippen LogP contribution < -0.4 is 5.32 Å². The summed E-state index contributed by atoms with van der Waals surface area (Å²) < 4.78 is 4.72. The molecule has 0 fully saturated rings. The molecule has 0 radical (unpaired) electrons. The fourth-order valence-electron chi connectivity index (χ4n) is 0.760. The second-order valence-electron chi connectivity index (χ2n) is 2.22. The first-order chi connectivity index (χ1) is 6.34. The third-order valence-electron chi connectivity index (χ3n) is 1.34. The highest BCUT2D eigenvalue weighted by atomic mass is 16.3. The Morgan fingerprint density at radius 3 is 3.23 bits per heavy atom. The van der Waals surface area contributed by atoms with Gasteiger partial charge < -0.3 is 9.73 Å². The van der Waals surface area contributed by atoms with Crippen molar-refractivity contribution in [2.75, 3.05) is 13.1 Å². The van der Waals surface area contributed by atoms with Gasteiger partial charge in [0.05, 0.1) is 11.8 Å². The first kappa shape index (κ1) is 9.15. The Hall–Kier alpha value is -1.94. The van der Waals surface area contributed by atoms with Crippen molar-refractivity contribution >= 4 is 5.91 Å². The van der Waals surface area contributed by atoms with Crippen LogP contribution in [0.5, 0.6) is 0 Å². The molecule has 0 saturated carbocycles. The SMILES string of the molecule is [N-]=[N+]=NCCNC(=O)c1ccoc1. The summed E-state index contributed by atoms with van der Waals surface area (Å²) in [6, 6.07) is 1.56. The molecule has 6 heteroatoms. The van der Waals surface area contributed by atoms with E-state index in [0.29, 0.717) is 12.1 Å². The van der Waals surface area contributed by atoms with Gasteiger partial charge in [-0.05, 0) is 11.6 Å². The van der Waals surface area contributed by atoms with E-state index < -0.39 is 0 Å². The minimum absolute atomic E-state index is 0.234. The van der Waals surface area contributed by atoms with Crippen LogP contribution in [0.1, 0.15) is 10.4 Å². The first-order valence-corrected chi connectivity index (χ1v) is 3.66. The molecule has 0 saturated heterocycles. The molecule has 1 N–H and O–H groups in total. The van der Waals surface area contributed by atoms with Crippen LogP contribution in [0.3, 0.4) is 0 Å². The van der Waals surface area contributed by atoms with Gasteiger partial charge in [0.2, 0.25) is 0 Å². The number of carbonyl (C=O) groups excluding carboxylic acids is 1. The molecule has 0 aliphatic heterocycles. The predicted molar refractivity (Wildman–Crippen MR) is 45.1 cm³/mol. The zero-order chi connectivity index (χ0) is 9.52. The minimum atomic E-state index is -0.234. The molecule has 1 amide bonds. The van der Waals surface area contributed by atoms with Crippen LogP contribution in [0, 0.1) is 0 Å². The molecule has 0 spiro atoms. The van der Waals surface area contributed by atoms with Gasteiger partial charge in [0, 0.05) is 18.0 Å². The van der Waals surface area contributed by atoms with Crippen LogP contribution in [0.25, 0.3) is 10.4 Å². The summed E-state index contributed by atoms with van der Waals surface area (Å²) in [6.45, 7) is 0.578. The summed E-state index contributed by atoms with van der Waals surface area (Å²) in [4.78, 5) is 13.7. The lowest BCUT2D eigenvalue weighted by atomic mass is 10.3. The number of hydrogen-bond acceptors (Lipinski definition) is 3. The molecular formula is C7H8N4O2. The molecule has 0 aliphatic carbocycles. The van der Waals surface area contributed by atoms with Crippen LogP contribution in [0.15, 0.2) is 28.1 Å². The van der Waals surface area contributed by atoms with Crippen molar-refractivity contribution in [2.24, 2.45) is 5.11 Å². The number of amides is 1. The third kappa shape index (κ3) is 2.88.